The molecule has 0 unspecified atom stereocenters. The Hall–Kier alpha value is -2.31. The van der Waals surface area contributed by atoms with Crippen LogP contribution in [0.5, 0.6) is 17.2 Å². The van der Waals surface area contributed by atoms with E-state index in [2.05, 4.69) is 5.18 Å². The predicted molar refractivity (Wildman–Crippen MR) is 43.9 cm³/mol. The summed E-state index contributed by atoms with van der Waals surface area (Å²) in [5.41, 5.74) is -1.51. The fraction of sp³-hybridized carbons (Fsp3) is 0. The van der Waals surface area contributed by atoms with Crippen LogP contribution in [0, 0.1) is 4.91 Å². The van der Waals surface area contributed by atoms with Crippen LogP contribution in [-0.4, -0.2) is 26.4 Å². The van der Waals surface area contributed by atoms with Crippen LogP contribution in [0.1, 0.15) is 10.4 Å². The molecule has 0 aromatic heterocycles. The van der Waals surface area contributed by atoms with Crippen molar-refractivity contribution in [1.29, 1.82) is 0 Å². The van der Waals surface area contributed by atoms with Crippen LogP contribution >= 0.6 is 0 Å². The first-order valence-corrected chi connectivity index (χ1v) is 3.33. The van der Waals surface area contributed by atoms with Gasteiger partial charge in [-0.1, -0.05) is 0 Å². The lowest BCUT2D eigenvalue weighted by Crippen LogP contribution is -1.96. The van der Waals surface area contributed by atoms with Crippen LogP contribution in [0.4, 0.5) is 5.69 Å². The highest BCUT2D eigenvalue weighted by Gasteiger charge is 2.21. The van der Waals surface area contributed by atoms with Crippen molar-refractivity contribution in [2.75, 3.05) is 0 Å². The number of carboxylic acids is 1. The van der Waals surface area contributed by atoms with E-state index < -0.39 is 34.5 Å². The smallest absolute Gasteiger partial charge is 0.338 e. The molecule has 0 aliphatic rings. The summed E-state index contributed by atoms with van der Waals surface area (Å²) in [4.78, 5) is 20.6. The van der Waals surface area contributed by atoms with Gasteiger partial charge in [0.25, 0.3) is 0 Å². The molecular formula is C7H5NO6. The molecule has 7 heteroatoms. The van der Waals surface area contributed by atoms with Gasteiger partial charge in [-0.3, -0.25) is 0 Å². The molecule has 1 aromatic carbocycles. The summed E-state index contributed by atoms with van der Waals surface area (Å²) in [5, 5.41) is 37.7. The number of aromatic hydroxyl groups is 3. The highest BCUT2D eigenvalue weighted by molar-refractivity contribution is 5.96. The maximum atomic E-state index is 10.5. The van der Waals surface area contributed by atoms with Gasteiger partial charge in [-0.2, -0.15) is 0 Å². The third kappa shape index (κ3) is 1.30. The van der Waals surface area contributed by atoms with Gasteiger partial charge in [-0.25, -0.2) is 4.79 Å². The second kappa shape index (κ2) is 3.21. The van der Waals surface area contributed by atoms with Crippen molar-refractivity contribution in [2.24, 2.45) is 5.18 Å². The summed E-state index contributed by atoms with van der Waals surface area (Å²) in [7, 11) is 0. The fourth-order valence-electron chi connectivity index (χ4n) is 0.890. The van der Waals surface area contributed by atoms with Crippen molar-refractivity contribution in [1.82, 2.24) is 0 Å². The van der Waals surface area contributed by atoms with E-state index in [4.69, 9.17) is 20.4 Å². The molecule has 0 aliphatic heterocycles. The topological polar surface area (TPSA) is 127 Å². The highest BCUT2D eigenvalue weighted by atomic mass is 16.4. The minimum atomic E-state index is -1.55. The van der Waals surface area contributed by atoms with Gasteiger partial charge < -0.3 is 20.4 Å². The minimum absolute atomic E-state index is 0.619. The second-order valence-corrected chi connectivity index (χ2v) is 2.39. The Labute approximate surface area is 76.8 Å². The van der Waals surface area contributed by atoms with E-state index in [0.717, 1.165) is 0 Å². The Bertz CT molecular complexity index is 413. The fourth-order valence-corrected chi connectivity index (χ4v) is 0.890. The normalized spacial score (nSPS) is 9.71. The number of phenolic OH excluding ortho intramolecular Hbond substituents is 3. The third-order valence-electron chi connectivity index (χ3n) is 1.55. The number of carboxylic acid groups (broad SMARTS) is 1. The minimum Gasteiger partial charge on any atom is -0.504 e. The lowest BCUT2D eigenvalue weighted by atomic mass is 10.1. The van der Waals surface area contributed by atoms with Crippen molar-refractivity contribution in [3.8, 4) is 17.2 Å². The zero-order chi connectivity index (χ0) is 10.9. The van der Waals surface area contributed by atoms with E-state index in [1.54, 1.807) is 0 Å². The Morgan fingerprint density at radius 2 is 1.79 bits per heavy atom. The molecule has 74 valence electrons. The number of aromatic carboxylic acids is 1. The average Bonchev–Trinajstić information content (AvgIpc) is 2.13. The molecule has 0 spiro atoms. The average molecular weight is 199 g/mol. The van der Waals surface area contributed by atoms with Gasteiger partial charge in [0.15, 0.2) is 17.2 Å². The SMILES string of the molecule is O=Nc1c(C(=O)O)cc(O)c(O)c1O. The molecule has 0 amide bonds. The molecule has 0 heterocycles. The summed E-state index contributed by atoms with van der Waals surface area (Å²) in [6, 6.07) is 0.619. The third-order valence-corrected chi connectivity index (χ3v) is 1.55. The van der Waals surface area contributed by atoms with Crippen molar-refractivity contribution in [2.45, 2.75) is 0 Å². The Morgan fingerprint density at radius 1 is 1.21 bits per heavy atom. The van der Waals surface area contributed by atoms with Crippen LogP contribution in [-0.2, 0) is 0 Å². The number of nitrogens with zero attached hydrogens (tertiary/aromatic N) is 1. The van der Waals surface area contributed by atoms with Crippen LogP contribution in [0.25, 0.3) is 0 Å². The van der Waals surface area contributed by atoms with Gasteiger partial charge >= 0.3 is 5.97 Å². The molecule has 4 N–H and O–H groups in total. The number of benzene rings is 1. The van der Waals surface area contributed by atoms with Crippen molar-refractivity contribution in [3.63, 3.8) is 0 Å². The number of rotatable bonds is 2. The molecule has 7 nitrogen and oxygen atoms in total. The van der Waals surface area contributed by atoms with E-state index in [1.807, 2.05) is 0 Å². The summed E-state index contributed by atoms with van der Waals surface area (Å²) < 4.78 is 0. The molecule has 1 rings (SSSR count). The summed E-state index contributed by atoms with van der Waals surface area (Å²) in [5.74, 6) is -4.43. The van der Waals surface area contributed by atoms with Crippen LogP contribution < -0.4 is 0 Å². The maximum Gasteiger partial charge on any atom is 0.338 e. The van der Waals surface area contributed by atoms with Gasteiger partial charge in [0, 0.05) is 6.07 Å². The molecule has 14 heavy (non-hydrogen) atoms. The molecule has 1 aromatic rings. The monoisotopic (exact) mass is 199 g/mol. The molecule has 0 fully saturated rings. The summed E-state index contributed by atoms with van der Waals surface area (Å²) in [6.45, 7) is 0. The Morgan fingerprint density at radius 3 is 2.21 bits per heavy atom. The number of carbonyl (C=O) groups is 1. The van der Waals surface area contributed by atoms with E-state index in [9.17, 15) is 9.70 Å². The number of phenols is 3. The number of hydrogen-bond acceptors (Lipinski definition) is 6. The first kappa shape index (κ1) is 9.78. The molecule has 0 bridgehead atoms. The highest BCUT2D eigenvalue weighted by Crippen LogP contribution is 2.44. The maximum absolute atomic E-state index is 10.5. The first-order chi connectivity index (χ1) is 6.49. The van der Waals surface area contributed by atoms with E-state index in [1.165, 1.54) is 0 Å². The second-order valence-electron chi connectivity index (χ2n) is 2.39. The molecule has 0 atom stereocenters. The Kier molecular flexibility index (Phi) is 2.24. The molecule has 0 aliphatic carbocycles. The Balaban J connectivity index is 3.59. The molecule has 0 saturated carbocycles. The van der Waals surface area contributed by atoms with E-state index >= 15 is 0 Å². The van der Waals surface area contributed by atoms with Crippen molar-refractivity contribution >= 4 is 11.7 Å². The van der Waals surface area contributed by atoms with Gasteiger partial charge in [0.05, 0.1) is 5.56 Å². The summed E-state index contributed by atoms with van der Waals surface area (Å²) >= 11 is 0. The van der Waals surface area contributed by atoms with Crippen LogP contribution in [0.2, 0.25) is 0 Å². The van der Waals surface area contributed by atoms with Crippen LogP contribution in [0.3, 0.4) is 0 Å². The lowest BCUT2D eigenvalue weighted by molar-refractivity contribution is 0.0697. The van der Waals surface area contributed by atoms with Crippen molar-refractivity contribution < 1.29 is 25.2 Å². The molecule has 0 radical (unpaired) electrons. The number of hydrogen-bond donors (Lipinski definition) is 4. The predicted octanol–water partition coefficient (Wildman–Crippen LogP) is 0.899. The van der Waals surface area contributed by atoms with Gasteiger partial charge in [-0.15, -0.1) is 4.91 Å². The zero-order valence-electron chi connectivity index (χ0n) is 6.63. The summed E-state index contributed by atoms with van der Waals surface area (Å²) in [6.07, 6.45) is 0. The quantitative estimate of drug-likeness (QED) is 0.413. The first-order valence-electron chi connectivity index (χ1n) is 3.33. The van der Waals surface area contributed by atoms with Gasteiger partial charge in [-0.05, 0) is 5.18 Å². The lowest BCUT2D eigenvalue weighted by Gasteiger charge is -2.04. The zero-order valence-corrected chi connectivity index (χ0v) is 6.63. The van der Waals surface area contributed by atoms with E-state index in [-0.39, 0.29) is 0 Å². The van der Waals surface area contributed by atoms with Crippen LogP contribution in [0.15, 0.2) is 11.2 Å². The van der Waals surface area contributed by atoms with Gasteiger partial charge in [0.1, 0.15) is 0 Å². The van der Waals surface area contributed by atoms with Gasteiger partial charge in [0.2, 0.25) is 5.75 Å². The van der Waals surface area contributed by atoms with E-state index in [0.29, 0.717) is 6.07 Å². The number of nitroso groups, excluding NO2 is 1. The standard InChI is InChI=1S/C7H5NO6/c9-3-1-2(7(12)13)4(8-14)6(11)5(3)10/h1,9-11H,(H,12,13). The molecular weight excluding hydrogens is 194 g/mol. The largest absolute Gasteiger partial charge is 0.504 e. The van der Waals surface area contributed by atoms with Crippen molar-refractivity contribution in [3.05, 3.63) is 16.5 Å². The molecule has 0 saturated heterocycles.